The normalized spacial score (nSPS) is 10.6. The second-order valence-electron chi connectivity index (χ2n) is 6.70. The zero-order chi connectivity index (χ0) is 21.3. The Balaban J connectivity index is 2.00. The van der Waals surface area contributed by atoms with Crippen molar-refractivity contribution >= 4 is 11.9 Å². The van der Waals surface area contributed by atoms with E-state index in [2.05, 4.69) is 17.2 Å². The van der Waals surface area contributed by atoms with Gasteiger partial charge in [-0.15, -0.1) is 0 Å². The maximum atomic E-state index is 12.8. The molecule has 0 aliphatic carbocycles. The van der Waals surface area contributed by atoms with Crippen molar-refractivity contribution in [2.24, 2.45) is 0 Å². The average Bonchev–Trinajstić information content (AvgIpc) is 3.15. The predicted octanol–water partition coefficient (Wildman–Crippen LogP) is 4.40. The van der Waals surface area contributed by atoms with Crippen molar-refractivity contribution in [3.63, 3.8) is 0 Å². The second-order valence-corrected chi connectivity index (χ2v) is 6.70. The topological polar surface area (TPSA) is 70.4 Å². The fourth-order valence-electron chi connectivity index (χ4n) is 3.30. The molecule has 0 atom stereocenters. The Bertz CT molecular complexity index is 981. The Morgan fingerprint density at radius 1 is 0.833 bits per heavy atom. The molecule has 0 aliphatic heterocycles. The van der Waals surface area contributed by atoms with Gasteiger partial charge >= 0.3 is 11.9 Å². The van der Waals surface area contributed by atoms with E-state index in [4.69, 9.17) is 9.47 Å². The van der Waals surface area contributed by atoms with Crippen LogP contribution in [0.1, 0.15) is 52.4 Å². The molecule has 3 rings (SSSR count). The molecule has 6 nitrogen and oxygen atoms in total. The van der Waals surface area contributed by atoms with Crippen molar-refractivity contribution in [1.82, 2.24) is 9.78 Å². The van der Waals surface area contributed by atoms with Crippen LogP contribution < -0.4 is 0 Å². The molecule has 6 heteroatoms. The predicted molar refractivity (Wildman–Crippen MR) is 114 cm³/mol. The van der Waals surface area contributed by atoms with Gasteiger partial charge in [0.25, 0.3) is 0 Å². The van der Waals surface area contributed by atoms with Gasteiger partial charge in [0.15, 0.2) is 5.69 Å². The van der Waals surface area contributed by atoms with Crippen molar-refractivity contribution in [1.29, 1.82) is 0 Å². The van der Waals surface area contributed by atoms with Crippen LogP contribution in [0.5, 0.6) is 0 Å². The summed E-state index contributed by atoms with van der Waals surface area (Å²) in [4.78, 5) is 25.6. The number of hydrogen-bond donors (Lipinski definition) is 0. The van der Waals surface area contributed by atoms with Gasteiger partial charge in [-0.3, -0.25) is 0 Å². The molecule has 0 radical (unpaired) electrons. The molecule has 0 saturated heterocycles. The molecule has 1 heterocycles. The van der Waals surface area contributed by atoms with Crippen LogP contribution in [-0.4, -0.2) is 34.9 Å². The molecular weight excluding hydrogens is 380 g/mol. The summed E-state index contributed by atoms with van der Waals surface area (Å²) in [5.41, 5.74) is 2.73. The number of esters is 2. The molecule has 0 saturated carbocycles. The Morgan fingerprint density at radius 3 is 2.07 bits per heavy atom. The number of benzene rings is 2. The zero-order valence-electron chi connectivity index (χ0n) is 17.3. The molecule has 0 unspecified atom stereocenters. The van der Waals surface area contributed by atoms with E-state index in [1.54, 1.807) is 13.8 Å². The van der Waals surface area contributed by atoms with Crippen LogP contribution in [0.2, 0.25) is 0 Å². The molecular formula is C24H26N2O4. The highest BCUT2D eigenvalue weighted by Gasteiger charge is 2.30. The Labute approximate surface area is 176 Å². The maximum Gasteiger partial charge on any atom is 0.357 e. The SMILES string of the molecule is CCOC(=O)c1c(CCCc2ccccc2)nn(-c2ccccc2)c1C(=O)OCC. The molecule has 0 N–H and O–H groups in total. The van der Waals surface area contributed by atoms with Gasteiger partial charge in [0, 0.05) is 0 Å². The quantitative estimate of drug-likeness (QED) is 0.493. The van der Waals surface area contributed by atoms with Crippen molar-refractivity contribution in [3.8, 4) is 5.69 Å². The number of nitrogens with zero attached hydrogens (tertiary/aromatic N) is 2. The van der Waals surface area contributed by atoms with Crippen LogP contribution in [0, 0.1) is 0 Å². The van der Waals surface area contributed by atoms with Gasteiger partial charge in [0.2, 0.25) is 0 Å². The molecule has 156 valence electrons. The van der Waals surface area contributed by atoms with E-state index in [1.807, 2.05) is 48.5 Å². The summed E-state index contributed by atoms with van der Waals surface area (Å²) in [6.07, 6.45) is 2.16. The Kier molecular flexibility index (Phi) is 7.38. The molecule has 0 aliphatic rings. The second kappa shape index (κ2) is 10.4. The summed E-state index contributed by atoms with van der Waals surface area (Å²) in [6, 6.07) is 19.4. The van der Waals surface area contributed by atoms with Crippen LogP contribution in [-0.2, 0) is 22.3 Å². The van der Waals surface area contributed by atoms with Crippen LogP contribution >= 0.6 is 0 Å². The maximum absolute atomic E-state index is 12.8. The number of carbonyl (C=O) groups excluding carboxylic acids is 2. The van der Waals surface area contributed by atoms with Crippen molar-refractivity contribution in [2.45, 2.75) is 33.1 Å². The first-order valence-corrected chi connectivity index (χ1v) is 10.2. The van der Waals surface area contributed by atoms with Gasteiger partial charge in [-0.2, -0.15) is 5.10 Å². The van der Waals surface area contributed by atoms with Gasteiger partial charge in [-0.1, -0.05) is 48.5 Å². The van der Waals surface area contributed by atoms with E-state index in [0.717, 1.165) is 12.8 Å². The summed E-state index contributed by atoms with van der Waals surface area (Å²) in [6.45, 7) is 3.87. The summed E-state index contributed by atoms with van der Waals surface area (Å²) >= 11 is 0. The van der Waals surface area contributed by atoms with E-state index in [-0.39, 0.29) is 24.5 Å². The standard InChI is InChI=1S/C24H26N2O4/c1-3-29-23(27)21-20(17-11-14-18-12-7-5-8-13-18)25-26(19-15-9-6-10-16-19)22(21)24(28)30-4-2/h5-10,12-13,15-16H,3-4,11,14,17H2,1-2H3. The van der Waals surface area contributed by atoms with Crippen molar-refractivity contribution in [2.75, 3.05) is 13.2 Å². The van der Waals surface area contributed by atoms with Crippen LogP contribution in [0.4, 0.5) is 0 Å². The Morgan fingerprint density at radius 2 is 1.43 bits per heavy atom. The average molecular weight is 406 g/mol. The van der Waals surface area contributed by atoms with E-state index in [0.29, 0.717) is 17.8 Å². The zero-order valence-corrected chi connectivity index (χ0v) is 17.3. The fraction of sp³-hybridized carbons (Fsp3) is 0.292. The molecule has 0 spiro atoms. The molecule has 2 aromatic carbocycles. The highest BCUT2D eigenvalue weighted by molar-refractivity contribution is 6.03. The number of ether oxygens (including phenoxy) is 2. The van der Waals surface area contributed by atoms with Gasteiger partial charge in [-0.05, 0) is 50.8 Å². The fourth-order valence-corrected chi connectivity index (χ4v) is 3.30. The minimum atomic E-state index is -0.591. The molecule has 3 aromatic rings. The first-order valence-electron chi connectivity index (χ1n) is 10.2. The summed E-state index contributed by atoms with van der Waals surface area (Å²) in [5, 5.41) is 4.63. The van der Waals surface area contributed by atoms with Gasteiger partial charge in [0.05, 0.1) is 24.6 Å². The minimum absolute atomic E-state index is 0.108. The van der Waals surface area contributed by atoms with E-state index in [1.165, 1.54) is 10.2 Å². The third kappa shape index (κ3) is 4.95. The highest BCUT2D eigenvalue weighted by Crippen LogP contribution is 2.23. The van der Waals surface area contributed by atoms with Crippen LogP contribution in [0.3, 0.4) is 0 Å². The lowest BCUT2D eigenvalue weighted by molar-refractivity contribution is 0.0472. The third-order valence-electron chi connectivity index (χ3n) is 4.63. The molecule has 0 fully saturated rings. The summed E-state index contributed by atoms with van der Waals surface area (Å²) < 4.78 is 12.0. The van der Waals surface area contributed by atoms with E-state index < -0.39 is 11.9 Å². The largest absolute Gasteiger partial charge is 0.462 e. The first kappa shape index (κ1) is 21.3. The highest BCUT2D eigenvalue weighted by atomic mass is 16.5. The number of para-hydroxylation sites is 1. The molecule has 0 amide bonds. The van der Waals surface area contributed by atoms with Crippen molar-refractivity contribution in [3.05, 3.63) is 83.2 Å². The number of aromatic nitrogens is 2. The van der Waals surface area contributed by atoms with Gasteiger partial charge in [-0.25, -0.2) is 14.3 Å². The number of hydrogen-bond acceptors (Lipinski definition) is 5. The van der Waals surface area contributed by atoms with Gasteiger partial charge < -0.3 is 9.47 Å². The molecule has 1 aromatic heterocycles. The lowest BCUT2D eigenvalue weighted by Gasteiger charge is -2.08. The van der Waals surface area contributed by atoms with Crippen LogP contribution in [0.15, 0.2) is 60.7 Å². The molecule has 0 bridgehead atoms. The van der Waals surface area contributed by atoms with Crippen LogP contribution in [0.25, 0.3) is 5.69 Å². The number of carbonyl (C=O) groups is 2. The van der Waals surface area contributed by atoms with E-state index in [9.17, 15) is 9.59 Å². The smallest absolute Gasteiger partial charge is 0.357 e. The lowest BCUT2D eigenvalue weighted by atomic mass is 10.0. The number of aryl methyl sites for hydroxylation is 2. The summed E-state index contributed by atoms with van der Waals surface area (Å²) in [5.74, 6) is -1.15. The lowest BCUT2D eigenvalue weighted by Crippen LogP contribution is -2.17. The van der Waals surface area contributed by atoms with E-state index >= 15 is 0 Å². The minimum Gasteiger partial charge on any atom is -0.462 e. The van der Waals surface area contributed by atoms with Gasteiger partial charge in [0.1, 0.15) is 5.56 Å². The summed E-state index contributed by atoms with van der Waals surface area (Å²) in [7, 11) is 0. The monoisotopic (exact) mass is 406 g/mol. The first-order chi connectivity index (χ1) is 14.7. The Hall–Kier alpha value is -3.41. The molecule has 30 heavy (non-hydrogen) atoms. The van der Waals surface area contributed by atoms with Crippen molar-refractivity contribution < 1.29 is 19.1 Å². The number of rotatable bonds is 9. The third-order valence-corrected chi connectivity index (χ3v) is 4.63.